The molecule has 2 fully saturated rings. The Morgan fingerprint density at radius 3 is 2.70 bits per heavy atom. The van der Waals surface area contributed by atoms with Gasteiger partial charge >= 0.3 is 0 Å². The molecule has 0 spiro atoms. The van der Waals surface area contributed by atoms with E-state index < -0.39 is 0 Å². The van der Waals surface area contributed by atoms with E-state index in [4.69, 9.17) is 11.6 Å². The van der Waals surface area contributed by atoms with Gasteiger partial charge in [0.1, 0.15) is 0 Å². The Labute approximate surface area is 168 Å². The number of amides is 1. The number of tetrazole rings is 1. The van der Waals surface area contributed by atoms with Crippen molar-refractivity contribution < 1.29 is 4.79 Å². The molecule has 1 aromatic carbocycles. The van der Waals surface area contributed by atoms with E-state index in [0.29, 0.717) is 16.1 Å². The van der Waals surface area contributed by atoms with Crippen molar-refractivity contribution in [3.8, 4) is 5.69 Å². The Morgan fingerprint density at radius 2 is 2.04 bits per heavy atom. The molecule has 1 heterocycles. The number of thioether (sulfide) groups is 1. The van der Waals surface area contributed by atoms with Gasteiger partial charge in [-0.15, -0.1) is 5.10 Å². The maximum Gasteiger partial charge on any atom is 0.233 e. The van der Waals surface area contributed by atoms with Crippen LogP contribution in [-0.4, -0.2) is 37.4 Å². The van der Waals surface area contributed by atoms with Gasteiger partial charge in [0.2, 0.25) is 11.1 Å². The van der Waals surface area contributed by atoms with Gasteiger partial charge in [0, 0.05) is 11.1 Å². The molecule has 0 aliphatic heterocycles. The zero-order valence-electron chi connectivity index (χ0n) is 15.5. The van der Waals surface area contributed by atoms with Crippen molar-refractivity contribution in [1.82, 2.24) is 25.5 Å². The van der Waals surface area contributed by atoms with Crippen LogP contribution in [0, 0.1) is 17.8 Å². The highest BCUT2D eigenvalue weighted by Crippen LogP contribution is 2.49. The molecule has 2 bridgehead atoms. The first-order chi connectivity index (χ1) is 13.0. The van der Waals surface area contributed by atoms with Crippen molar-refractivity contribution in [2.75, 3.05) is 0 Å². The van der Waals surface area contributed by atoms with Crippen LogP contribution in [0.5, 0.6) is 0 Å². The summed E-state index contributed by atoms with van der Waals surface area (Å²) < 4.78 is 1.63. The van der Waals surface area contributed by atoms with Gasteiger partial charge < -0.3 is 5.32 Å². The lowest BCUT2D eigenvalue weighted by Crippen LogP contribution is -2.43. The van der Waals surface area contributed by atoms with E-state index in [2.05, 4.69) is 27.8 Å². The SMILES string of the molecule is C[C@H](Sc1nnnn1-c1ccc(Cl)cc1)C(=O)N[C@H](C)[C@@H]1C[C@@H]2CC[C@@H]1C2. The zero-order valence-corrected chi connectivity index (χ0v) is 17.1. The van der Waals surface area contributed by atoms with E-state index >= 15 is 0 Å². The molecule has 2 aliphatic rings. The van der Waals surface area contributed by atoms with E-state index in [-0.39, 0.29) is 17.2 Å². The summed E-state index contributed by atoms with van der Waals surface area (Å²) in [5.74, 6) is 2.35. The predicted molar refractivity (Wildman–Crippen MR) is 106 cm³/mol. The first kappa shape index (κ1) is 18.7. The third-order valence-electron chi connectivity index (χ3n) is 5.97. The number of nitrogens with one attached hydrogen (secondary N) is 1. The van der Waals surface area contributed by atoms with Crippen LogP contribution < -0.4 is 5.32 Å². The van der Waals surface area contributed by atoms with Crippen molar-refractivity contribution in [3.05, 3.63) is 29.3 Å². The molecule has 2 saturated carbocycles. The molecule has 6 nitrogen and oxygen atoms in total. The third-order valence-corrected chi connectivity index (χ3v) is 7.25. The number of aromatic nitrogens is 4. The monoisotopic (exact) mass is 405 g/mol. The van der Waals surface area contributed by atoms with E-state index in [9.17, 15) is 4.79 Å². The molecule has 8 heteroatoms. The number of benzene rings is 1. The number of fused-ring (bicyclic) bond motifs is 2. The first-order valence-corrected chi connectivity index (χ1v) is 10.8. The van der Waals surface area contributed by atoms with Gasteiger partial charge in [0.05, 0.1) is 10.9 Å². The molecule has 2 aliphatic carbocycles. The molecule has 1 N–H and O–H groups in total. The second-order valence-corrected chi connectivity index (χ2v) is 9.49. The van der Waals surface area contributed by atoms with E-state index in [1.165, 1.54) is 37.4 Å². The number of carbonyl (C=O) groups is 1. The molecule has 2 aromatic rings. The summed E-state index contributed by atoms with van der Waals surface area (Å²) in [6.45, 7) is 4.05. The molecule has 144 valence electrons. The number of carbonyl (C=O) groups excluding carboxylic acids is 1. The highest BCUT2D eigenvalue weighted by molar-refractivity contribution is 8.00. The average Bonchev–Trinajstić information content (AvgIpc) is 3.39. The molecule has 27 heavy (non-hydrogen) atoms. The summed E-state index contributed by atoms with van der Waals surface area (Å²) >= 11 is 7.31. The Bertz CT molecular complexity index is 811. The Balaban J connectivity index is 1.38. The van der Waals surface area contributed by atoms with Crippen LogP contribution in [0.15, 0.2) is 29.4 Å². The summed E-state index contributed by atoms with van der Waals surface area (Å²) in [6, 6.07) is 7.51. The van der Waals surface area contributed by atoms with Gasteiger partial charge in [0.15, 0.2) is 0 Å². The van der Waals surface area contributed by atoms with Gasteiger partial charge in [0.25, 0.3) is 0 Å². The fourth-order valence-electron chi connectivity index (χ4n) is 4.56. The van der Waals surface area contributed by atoms with Gasteiger partial charge in [-0.2, -0.15) is 4.68 Å². The molecule has 0 saturated heterocycles. The van der Waals surface area contributed by atoms with Crippen LogP contribution in [0.1, 0.15) is 39.5 Å². The Kier molecular flexibility index (Phi) is 5.41. The van der Waals surface area contributed by atoms with E-state index in [0.717, 1.165) is 17.5 Å². The van der Waals surface area contributed by atoms with Crippen LogP contribution in [0.2, 0.25) is 5.02 Å². The topological polar surface area (TPSA) is 72.7 Å². The molecule has 5 atom stereocenters. The molecular weight excluding hydrogens is 382 g/mol. The maximum absolute atomic E-state index is 12.7. The second kappa shape index (κ2) is 7.80. The fourth-order valence-corrected chi connectivity index (χ4v) is 5.51. The lowest BCUT2D eigenvalue weighted by molar-refractivity contribution is -0.121. The van der Waals surface area contributed by atoms with Crippen molar-refractivity contribution in [1.29, 1.82) is 0 Å². The van der Waals surface area contributed by atoms with E-state index in [1.54, 1.807) is 16.8 Å². The summed E-state index contributed by atoms with van der Waals surface area (Å²) in [4.78, 5) is 12.7. The zero-order chi connectivity index (χ0) is 19.0. The average molecular weight is 406 g/mol. The molecule has 0 radical (unpaired) electrons. The van der Waals surface area contributed by atoms with Crippen molar-refractivity contribution in [3.63, 3.8) is 0 Å². The first-order valence-electron chi connectivity index (χ1n) is 9.52. The van der Waals surface area contributed by atoms with Crippen molar-refractivity contribution >= 4 is 29.3 Å². The lowest BCUT2D eigenvalue weighted by atomic mass is 9.84. The van der Waals surface area contributed by atoms with Gasteiger partial charge in [-0.3, -0.25) is 4.79 Å². The number of halogens is 1. The fraction of sp³-hybridized carbons (Fsp3) is 0.579. The Morgan fingerprint density at radius 1 is 1.26 bits per heavy atom. The Hall–Kier alpha value is -1.60. The van der Waals surface area contributed by atoms with E-state index in [1.807, 2.05) is 19.1 Å². The standard InChI is InChI=1S/C19H24ClN5OS/c1-11(17-10-13-3-4-14(17)9-13)21-18(26)12(2)27-19-22-23-24-25(19)16-7-5-15(20)6-8-16/h5-8,11-14,17H,3-4,9-10H2,1-2H3,(H,21,26)/t11-,12+,13-,14-,17+/m1/s1. The molecule has 1 amide bonds. The maximum atomic E-state index is 12.7. The van der Waals surface area contributed by atoms with Crippen molar-refractivity contribution in [2.45, 2.75) is 56.0 Å². The minimum atomic E-state index is -0.275. The van der Waals surface area contributed by atoms with Crippen LogP contribution in [-0.2, 0) is 4.79 Å². The highest BCUT2D eigenvalue weighted by atomic mass is 35.5. The van der Waals surface area contributed by atoms with Gasteiger partial charge in [-0.1, -0.05) is 29.8 Å². The predicted octanol–water partition coefficient (Wildman–Crippen LogP) is 3.74. The summed E-state index contributed by atoms with van der Waals surface area (Å²) in [5, 5.41) is 16.1. The van der Waals surface area contributed by atoms with Crippen LogP contribution in [0.25, 0.3) is 5.69 Å². The van der Waals surface area contributed by atoms with Crippen molar-refractivity contribution in [2.24, 2.45) is 17.8 Å². The number of nitrogens with zero attached hydrogens (tertiary/aromatic N) is 4. The lowest BCUT2D eigenvalue weighted by Gasteiger charge is -2.29. The molecule has 4 rings (SSSR count). The molecular formula is C19H24ClN5OS. The van der Waals surface area contributed by atoms with Crippen LogP contribution >= 0.6 is 23.4 Å². The van der Waals surface area contributed by atoms with Crippen LogP contribution in [0.4, 0.5) is 0 Å². The highest BCUT2D eigenvalue weighted by Gasteiger charge is 2.42. The normalized spacial score (nSPS) is 26.1. The molecule has 1 aromatic heterocycles. The largest absolute Gasteiger partial charge is 0.352 e. The van der Waals surface area contributed by atoms with Gasteiger partial charge in [-0.25, -0.2) is 0 Å². The number of hydrogen-bond donors (Lipinski definition) is 1. The minimum Gasteiger partial charge on any atom is -0.352 e. The smallest absolute Gasteiger partial charge is 0.233 e. The third kappa shape index (κ3) is 3.99. The summed E-state index contributed by atoms with van der Waals surface area (Å²) in [7, 11) is 0. The molecule has 0 unspecified atom stereocenters. The number of hydrogen-bond acceptors (Lipinski definition) is 5. The summed E-state index contributed by atoms with van der Waals surface area (Å²) in [6.07, 6.45) is 5.32. The minimum absolute atomic E-state index is 0.0425. The van der Waals surface area contributed by atoms with Crippen LogP contribution in [0.3, 0.4) is 0 Å². The number of rotatable bonds is 6. The van der Waals surface area contributed by atoms with Gasteiger partial charge in [-0.05, 0) is 85.6 Å². The second-order valence-electron chi connectivity index (χ2n) is 7.75. The quantitative estimate of drug-likeness (QED) is 0.741. The summed E-state index contributed by atoms with van der Waals surface area (Å²) in [5.41, 5.74) is 0.815.